The first kappa shape index (κ1) is 24.9. The molecular formula is C43H26N4. The highest BCUT2D eigenvalue weighted by molar-refractivity contribution is 6.24. The minimum Gasteiger partial charge on any atom is -0.309 e. The van der Waals surface area contributed by atoms with Gasteiger partial charge in [-0.05, 0) is 78.2 Å². The first-order valence-electron chi connectivity index (χ1n) is 16.1. The Morgan fingerprint density at radius 1 is 0.319 bits per heavy atom. The summed E-state index contributed by atoms with van der Waals surface area (Å²) < 4.78 is 7.17. The van der Waals surface area contributed by atoms with Gasteiger partial charge in [0.1, 0.15) is 5.65 Å². The summed E-state index contributed by atoms with van der Waals surface area (Å²) in [6.07, 6.45) is 0. The van der Waals surface area contributed by atoms with Crippen molar-refractivity contribution in [3.05, 3.63) is 158 Å². The molecule has 0 N–H and O–H groups in total. The van der Waals surface area contributed by atoms with Crippen molar-refractivity contribution in [2.24, 2.45) is 0 Å². The topological polar surface area (TPSA) is 27.2 Å². The van der Waals surface area contributed by atoms with Crippen molar-refractivity contribution in [1.29, 1.82) is 0 Å². The van der Waals surface area contributed by atoms with Crippen molar-refractivity contribution in [3.8, 4) is 11.4 Å². The van der Waals surface area contributed by atoms with Crippen molar-refractivity contribution in [3.63, 3.8) is 0 Å². The van der Waals surface area contributed by atoms with E-state index < -0.39 is 0 Å². The number of hydrogen-bond donors (Lipinski definition) is 0. The molecular weight excluding hydrogens is 573 g/mol. The van der Waals surface area contributed by atoms with E-state index >= 15 is 0 Å². The van der Waals surface area contributed by atoms with Crippen LogP contribution in [0.3, 0.4) is 0 Å². The summed E-state index contributed by atoms with van der Waals surface area (Å²) in [5, 5.41) is 8.56. The standard InChI is InChI=1S/C43H26N4/c1-3-13-27(14-4-1)45-37-20-10-7-17-29(37)32-23-31-34-24-33-30-18-8-11-21-38(30)46(28-15-5-2-6-16-28)41(33)26-42(34)47-39-22-12-9-19-36(39)44-43(47)35(31)25-40(32)45/h1-26H. The Labute approximate surface area is 268 Å². The monoisotopic (exact) mass is 598 g/mol. The van der Waals surface area contributed by atoms with Gasteiger partial charge in [-0.3, -0.25) is 4.40 Å². The van der Waals surface area contributed by atoms with E-state index in [2.05, 4.69) is 171 Å². The zero-order chi connectivity index (χ0) is 30.6. The quantitative estimate of drug-likeness (QED) is 0.182. The number of nitrogens with zero attached hydrogens (tertiary/aromatic N) is 4. The van der Waals surface area contributed by atoms with Crippen molar-refractivity contribution in [1.82, 2.24) is 18.5 Å². The molecule has 7 aromatic carbocycles. The summed E-state index contributed by atoms with van der Waals surface area (Å²) in [5.41, 5.74) is 11.3. The Morgan fingerprint density at radius 2 is 0.809 bits per heavy atom. The van der Waals surface area contributed by atoms with Gasteiger partial charge in [-0.25, -0.2) is 4.98 Å². The molecule has 0 aliphatic carbocycles. The molecule has 0 saturated heterocycles. The molecule has 11 aromatic rings. The molecule has 0 aliphatic rings. The van der Waals surface area contributed by atoms with Gasteiger partial charge in [0, 0.05) is 43.7 Å². The van der Waals surface area contributed by atoms with Crippen LogP contribution in [-0.2, 0) is 0 Å². The number of aromatic nitrogens is 4. The van der Waals surface area contributed by atoms with Gasteiger partial charge < -0.3 is 9.13 Å². The molecule has 11 rings (SSSR count). The van der Waals surface area contributed by atoms with Gasteiger partial charge in [-0.2, -0.15) is 0 Å². The molecule has 0 unspecified atom stereocenters. The average Bonchev–Trinajstić information content (AvgIpc) is 3.79. The van der Waals surface area contributed by atoms with Gasteiger partial charge in [0.25, 0.3) is 0 Å². The van der Waals surface area contributed by atoms with Gasteiger partial charge in [-0.15, -0.1) is 0 Å². The smallest absolute Gasteiger partial charge is 0.146 e. The van der Waals surface area contributed by atoms with Gasteiger partial charge in [-0.1, -0.05) is 84.9 Å². The lowest BCUT2D eigenvalue weighted by atomic mass is 10.0. The summed E-state index contributed by atoms with van der Waals surface area (Å²) in [6, 6.07) is 57.0. The maximum atomic E-state index is 5.31. The Kier molecular flexibility index (Phi) is 4.81. The molecule has 218 valence electrons. The number of benzene rings is 7. The zero-order valence-electron chi connectivity index (χ0n) is 25.3. The van der Waals surface area contributed by atoms with Gasteiger partial charge in [0.2, 0.25) is 0 Å². The molecule has 47 heavy (non-hydrogen) atoms. The summed E-state index contributed by atoms with van der Waals surface area (Å²) in [6.45, 7) is 0. The SMILES string of the molecule is c1ccc(-n2c3ccccc3c3cc4c5cc6c7ccccc7n(-c7ccccc7)c6cc5n5c6ccccc6nc5c4cc32)cc1. The lowest BCUT2D eigenvalue weighted by molar-refractivity contribution is 1.18. The maximum absolute atomic E-state index is 5.31. The fourth-order valence-corrected chi connectivity index (χ4v) is 7.99. The Hall–Kier alpha value is -6.39. The molecule has 0 saturated carbocycles. The molecule has 4 aromatic heterocycles. The molecule has 4 nitrogen and oxygen atoms in total. The number of para-hydroxylation sites is 6. The van der Waals surface area contributed by atoms with E-state index in [-0.39, 0.29) is 0 Å². The third kappa shape index (κ3) is 3.28. The second-order valence-electron chi connectivity index (χ2n) is 12.4. The highest BCUT2D eigenvalue weighted by Crippen LogP contribution is 2.42. The second kappa shape index (κ2) is 9.09. The number of rotatable bonds is 2. The maximum Gasteiger partial charge on any atom is 0.146 e. The summed E-state index contributed by atoms with van der Waals surface area (Å²) >= 11 is 0. The highest BCUT2D eigenvalue weighted by Gasteiger charge is 2.21. The van der Waals surface area contributed by atoms with Gasteiger partial charge >= 0.3 is 0 Å². The lowest BCUT2D eigenvalue weighted by Gasteiger charge is -2.13. The van der Waals surface area contributed by atoms with Crippen molar-refractivity contribution < 1.29 is 0 Å². The normalized spacial score (nSPS) is 12.3. The van der Waals surface area contributed by atoms with E-state index in [0.29, 0.717) is 0 Å². The van der Waals surface area contributed by atoms with Crippen LogP contribution in [0.25, 0.3) is 93.3 Å². The highest BCUT2D eigenvalue weighted by atomic mass is 15.0. The predicted octanol–water partition coefficient (Wildman–Crippen LogP) is 11.0. The van der Waals surface area contributed by atoms with Crippen molar-refractivity contribution in [2.45, 2.75) is 0 Å². The van der Waals surface area contributed by atoms with Gasteiger partial charge in [0.15, 0.2) is 0 Å². The van der Waals surface area contributed by atoms with Crippen LogP contribution in [0.4, 0.5) is 0 Å². The van der Waals surface area contributed by atoms with Crippen LogP contribution in [0.1, 0.15) is 0 Å². The fraction of sp³-hybridized carbons (Fsp3) is 0. The summed E-state index contributed by atoms with van der Waals surface area (Å²) in [7, 11) is 0. The number of fused-ring (bicyclic) bond motifs is 14. The molecule has 4 heteroatoms. The number of hydrogen-bond acceptors (Lipinski definition) is 1. The first-order chi connectivity index (χ1) is 23.3. The largest absolute Gasteiger partial charge is 0.309 e. The fourth-order valence-electron chi connectivity index (χ4n) is 7.99. The lowest BCUT2D eigenvalue weighted by Crippen LogP contribution is -1.96. The Bertz CT molecular complexity index is 3050. The van der Waals surface area contributed by atoms with Gasteiger partial charge in [0.05, 0.1) is 38.6 Å². The molecule has 0 atom stereocenters. The molecule has 0 bridgehead atoms. The van der Waals surface area contributed by atoms with Crippen LogP contribution in [0, 0.1) is 0 Å². The minimum atomic E-state index is 0.974. The second-order valence-corrected chi connectivity index (χ2v) is 12.4. The van der Waals surface area contributed by atoms with Crippen LogP contribution in [0.15, 0.2) is 158 Å². The van der Waals surface area contributed by atoms with E-state index in [1.54, 1.807) is 0 Å². The molecule has 4 heterocycles. The molecule has 0 radical (unpaired) electrons. The Balaban J connectivity index is 1.39. The molecule has 0 aliphatic heterocycles. The number of imidazole rings is 1. The Morgan fingerprint density at radius 3 is 1.45 bits per heavy atom. The molecule has 0 spiro atoms. The molecule has 0 amide bonds. The minimum absolute atomic E-state index is 0.974. The summed E-state index contributed by atoms with van der Waals surface area (Å²) in [4.78, 5) is 5.31. The van der Waals surface area contributed by atoms with Crippen LogP contribution in [-0.4, -0.2) is 18.5 Å². The van der Waals surface area contributed by atoms with E-state index in [0.717, 1.165) is 39.0 Å². The van der Waals surface area contributed by atoms with E-state index in [1.165, 1.54) is 54.4 Å². The third-order valence-corrected chi connectivity index (χ3v) is 9.96. The molecule has 0 fully saturated rings. The van der Waals surface area contributed by atoms with Crippen LogP contribution < -0.4 is 0 Å². The summed E-state index contributed by atoms with van der Waals surface area (Å²) in [5.74, 6) is 0. The third-order valence-electron chi connectivity index (χ3n) is 9.96. The van der Waals surface area contributed by atoms with Crippen LogP contribution in [0.5, 0.6) is 0 Å². The first-order valence-corrected chi connectivity index (χ1v) is 16.1. The van der Waals surface area contributed by atoms with Crippen molar-refractivity contribution >= 4 is 82.0 Å². The van der Waals surface area contributed by atoms with Crippen LogP contribution >= 0.6 is 0 Å². The van der Waals surface area contributed by atoms with E-state index in [1.807, 2.05) is 0 Å². The van der Waals surface area contributed by atoms with E-state index in [9.17, 15) is 0 Å². The zero-order valence-corrected chi connectivity index (χ0v) is 25.3. The van der Waals surface area contributed by atoms with Crippen molar-refractivity contribution in [2.75, 3.05) is 0 Å². The average molecular weight is 599 g/mol. The van der Waals surface area contributed by atoms with E-state index in [4.69, 9.17) is 4.98 Å². The number of pyridine rings is 1. The van der Waals surface area contributed by atoms with Crippen LogP contribution in [0.2, 0.25) is 0 Å². The predicted molar refractivity (Wildman–Crippen MR) is 196 cm³/mol.